The Bertz CT molecular complexity index is 1250. The van der Waals surface area contributed by atoms with Crippen LogP contribution in [0.4, 0.5) is 0 Å². The van der Waals surface area contributed by atoms with Crippen LogP contribution >= 0.6 is 12.4 Å². The SMILES string of the molecule is COC(=O)C(O)[C@@H]1C[C@@H](COc2ccc(-c3ccc(C(=N)N)cc3)cc2)N(CCCc2ccccc2)C1=O.Cl. The van der Waals surface area contributed by atoms with Gasteiger partial charge in [-0.3, -0.25) is 10.2 Å². The van der Waals surface area contributed by atoms with Crippen molar-refractivity contribution in [3.63, 3.8) is 0 Å². The van der Waals surface area contributed by atoms with Crippen LogP contribution in [0.5, 0.6) is 5.75 Å². The number of ether oxygens (including phenoxy) is 2. The van der Waals surface area contributed by atoms with Gasteiger partial charge in [-0.1, -0.05) is 66.7 Å². The number of amidine groups is 1. The van der Waals surface area contributed by atoms with Crippen molar-refractivity contribution in [1.29, 1.82) is 5.41 Å². The van der Waals surface area contributed by atoms with Crippen LogP contribution in [0.15, 0.2) is 78.9 Å². The molecule has 8 nitrogen and oxygen atoms in total. The van der Waals surface area contributed by atoms with E-state index >= 15 is 0 Å². The number of hydrogen-bond donors (Lipinski definition) is 3. The number of halogens is 1. The first kappa shape index (κ1) is 29.7. The van der Waals surface area contributed by atoms with E-state index in [-0.39, 0.29) is 36.8 Å². The maximum absolute atomic E-state index is 13.2. The van der Waals surface area contributed by atoms with Gasteiger partial charge in [0.2, 0.25) is 5.91 Å². The Morgan fingerprint density at radius 3 is 2.26 bits per heavy atom. The van der Waals surface area contributed by atoms with E-state index in [4.69, 9.17) is 15.9 Å². The summed E-state index contributed by atoms with van der Waals surface area (Å²) in [6, 6.07) is 24.8. The van der Waals surface area contributed by atoms with Gasteiger partial charge >= 0.3 is 5.97 Å². The number of carbonyl (C=O) groups is 2. The van der Waals surface area contributed by atoms with Gasteiger partial charge in [-0.15, -0.1) is 12.4 Å². The number of nitrogens with zero attached hydrogens (tertiary/aromatic N) is 1. The third-order valence-corrected chi connectivity index (χ3v) is 6.92. The fourth-order valence-electron chi connectivity index (χ4n) is 4.79. The molecule has 3 aromatic rings. The Balaban J connectivity index is 0.00000420. The fourth-order valence-corrected chi connectivity index (χ4v) is 4.79. The molecule has 1 fully saturated rings. The summed E-state index contributed by atoms with van der Waals surface area (Å²) < 4.78 is 10.7. The first-order chi connectivity index (χ1) is 18.4. The Labute approximate surface area is 234 Å². The molecule has 0 bridgehead atoms. The molecule has 206 valence electrons. The maximum atomic E-state index is 13.2. The van der Waals surface area contributed by atoms with Crippen molar-refractivity contribution in [2.75, 3.05) is 20.3 Å². The van der Waals surface area contributed by atoms with Gasteiger partial charge in [-0.05, 0) is 48.1 Å². The van der Waals surface area contributed by atoms with E-state index in [9.17, 15) is 14.7 Å². The topological polar surface area (TPSA) is 126 Å². The second-order valence-electron chi connectivity index (χ2n) is 9.41. The summed E-state index contributed by atoms with van der Waals surface area (Å²) in [5.41, 5.74) is 9.38. The summed E-state index contributed by atoms with van der Waals surface area (Å²) in [5, 5.41) is 17.9. The van der Waals surface area contributed by atoms with Crippen LogP contribution in [0.2, 0.25) is 0 Å². The van der Waals surface area contributed by atoms with Gasteiger partial charge in [0.15, 0.2) is 6.10 Å². The smallest absolute Gasteiger partial charge is 0.335 e. The van der Waals surface area contributed by atoms with E-state index in [1.807, 2.05) is 66.7 Å². The molecule has 3 aromatic carbocycles. The normalized spacial score (nSPS) is 17.3. The average molecular weight is 552 g/mol. The largest absolute Gasteiger partial charge is 0.491 e. The van der Waals surface area contributed by atoms with Crippen LogP contribution in [0.25, 0.3) is 11.1 Å². The Hall–Kier alpha value is -3.88. The first-order valence-electron chi connectivity index (χ1n) is 12.7. The van der Waals surface area contributed by atoms with Crippen LogP contribution in [0, 0.1) is 11.3 Å². The van der Waals surface area contributed by atoms with Crippen LogP contribution < -0.4 is 10.5 Å². The van der Waals surface area contributed by atoms with Gasteiger partial charge in [-0.2, -0.15) is 0 Å². The number of nitrogens with one attached hydrogen (secondary N) is 1. The second kappa shape index (κ2) is 13.8. The number of esters is 1. The molecule has 1 heterocycles. The summed E-state index contributed by atoms with van der Waals surface area (Å²) >= 11 is 0. The van der Waals surface area contributed by atoms with Gasteiger partial charge in [0.05, 0.1) is 19.1 Å². The standard InChI is InChI=1S/C30H33N3O5.ClH/c1-37-30(36)27(34)26-18-24(33(29(26)35)17-5-8-20-6-3-2-4-7-20)19-38-25-15-13-22(14-16-25)21-9-11-23(12-10-21)28(31)32;/h2-4,6-7,9-16,24,26-27,34H,5,8,17-19H2,1H3,(H3,31,32);1H/t24-,26-,27?;/m0./s1. The number of likely N-dealkylation sites (tertiary alicyclic amines) is 1. The average Bonchev–Trinajstić information content (AvgIpc) is 3.26. The molecular formula is C30H34ClN3O5. The van der Waals surface area contributed by atoms with Crippen molar-refractivity contribution in [1.82, 2.24) is 4.90 Å². The molecule has 1 unspecified atom stereocenters. The van der Waals surface area contributed by atoms with E-state index in [0.29, 0.717) is 24.3 Å². The Morgan fingerprint density at radius 2 is 1.67 bits per heavy atom. The van der Waals surface area contributed by atoms with Crippen molar-refractivity contribution in [2.24, 2.45) is 11.7 Å². The molecule has 1 amide bonds. The summed E-state index contributed by atoms with van der Waals surface area (Å²) in [4.78, 5) is 26.9. The molecule has 1 aliphatic heterocycles. The van der Waals surface area contributed by atoms with Crippen LogP contribution in [-0.2, 0) is 20.7 Å². The van der Waals surface area contributed by atoms with Gasteiger partial charge in [-0.25, -0.2) is 4.79 Å². The minimum Gasteiger partial charge on any atom is -0.491 e. The molecule has 3 atom stereocenters. The lowest BCUT2D eigenvalue weighted by molar-refractivity contribution is -0.156. The number of nitrogen functional groups attached to an aromatic ring is 1. The highest BCUT2D eigenvalue weighted by Gasteiger charge is 2.45. The number of aliphatic hydroxyl groups is 1. The van der Waals surface area contributed by atoms with Crippen molar-refractivity contribution < 1.29 is 24.2 Å². The van der Waals surface area contributed by atoms with E-state index in [2.05, 4.69) is 16.9 Å². The van der Waals surface area contributed by atoms with Gasteiger partial charge < -0.3 is 25.2 Å². The lowest BCUT2D eigenvalue weighted by Gasteiger charge is -2.25. The van der Waals surface area contributed by atoms with Crippen LogP contribution in [0.3, 0.4) is 0 Å². The predicted molar refractivity (Wildman–Crippen MR) is 152 cm³/mol. The molecule has 1 aliphatic rings. The zero-order valence-corrected chi connectivity index (χ0v) is 22.6. The maximum Gasteiger partial charge on any atom is 0.335 e. The number of aryl methyl sites for hydroxylation is 1. The van der Waals surface area contributed by atoms with Gasteiger partial charge in [0.1, 0.15) is 18.2 Å². The molecule has 0 aromatic heterocycles. The van der Waals surface area contributed by atoms with E-state index < -0.39 is 18.0 Å². The Morgan fingerprint density at radius 1 is 1.05 bits per heavy atom. The van der Waals surface area contributed by atoms with Crippen LogP contribution in [-0.4, -0.2) is 60.1 Å². The number of nitrogens with two attached hydrogens (primary N) is 1. The summed E-state index contributed by atoms with van der Waals surface area (Å²) in [6.45, 7) is 0.746. The zero-order valence-electron chi connectivity index (χ0n) is 21.8. The minimum absolute atomic E-state index is 0. The number of methoxy groups -OCH3 is 1. The number of benzene rings is 3. The highest BCUT2D eigenvalue weighted by molar-refractivity contribution is 5.95. The van der Waals surface area contributed by atoms with Crippen molar-refractivity contribution >= 4 is 30.1 Å². The molecular weight excluding hydrogens is 518 g/mol. The Kier molecular flexibility index (Phi) is 10.5. The van der Waals surface area contributed by atoms with Crippen molar-refractivity contribution in [3.8, 4) is 16.9 Å². The van der Waals surface area contributed by atoms with E-state index in [1.165, 1.54) is 12.7 Å². The monoisotopic (exact) mass is 551 g/mol. The number of carbonyl (C=O) groups excluding carboxylic acids is 2. The van der Waals surface area contributed by atoms with Gasteiger partial charge in [0, 0.05) is 12.1 Å². The quantitative estimate of drug-likeness (QED) is 0.189. The van der Waals surface area contributed by atoms with Crippen molar-refractivity contribution in [3.05, 3.63) is 90.0 Å². The highest BCUT2D eigenvalue weighted by atomic mass is 35.5. The van der Waals surface area contributed by atoms with E-state index in [0.717, 1.165) is 24.0 Å². The molecule has 0 aliphatic carbocycles. The number of amides is 1. The minimum atomic E-state index is -1.50. The molecule has 1 saturated heterocycles. The number of hydrogen-bond acceptors (Lipinski definition) is 6. The molecule has 4 rings (SSSR count). The summed E-state index contributed by atoms with van der Waals surface area (Å²) in [7, 11) is 1.20. The molecule has 39 heavy (non-hydrogen) atoms. The highest BCUT2D eigenvalue weighted by Crippen LogP contribution is 2.30. The first-order valence-corrected chi connectivity index (χ1v) is 12.7. The van der Waals surface area contributed by atoms with E-state index in [1.54, 1.807) is 4.90 Å². The molecule has 0 spiro atoms. The van der Waals surface area contributed by atoms with Crippen LogP contribution in [0.1, 0.15) is 24.0 Å². The molecule has 0 saturated carbocycles. The summed E-state index contributed by atoms with van der Waals surface area (Å²) in [6.07, 6.45) is 0.380. The third-order valence-electron chi connectivity index (χ3n) is 6.92. The third kappa shape index (κ3) is 7.37. The predicted octanol–water partition coefficient (Wildman–Crippen LogP) is 3.82. The second-order valence-corrected chi connectivity index (χ2v) is 9.41. The lowest BCUT2D eigenvalue weighted by atomic mass is 9.98. The molecule has 9 heteroatoms. The lowest BCUT2D eigenvalue weighted by Crippen LogP contribution is -2.40. The number of aliphatic hydroxyl groups excluding tert-OH is 1. The van der Waals surface area contributed by atoms with Gasteiger partial charge in [0.25, 0.3) is 0 Å². The molecule has 0 radical (unpaired) electrons. The number of rotatable bonds is 11. The zero-order chi connectivity index (χ0) is 27.1. The fraction of sp³-hybridized carbons (Fsp3) is 0.300. The van der Waals surface area contributed by atoms with Crippen molar-refractivity contribution in [2.45, 2.75) is 31.4 Å². The summed E-state index contributed by atoms with van der Waals surface area (Å²) in [5.74, 6) is -1.23. The molecule has 4 N–H and O–H groups in total.